The van der Waals surface area contributed by atoms with E-state index in [-0.39, 0.29) is 6.61 Å². The predicted molar refractivity (Wildman–Crippen MR) is 70.2 cm³/mol. The minimum absolute atomic E-state index is 0.249. The molecule has 3 heteroatoms. The molecule has 1 rings (SSSR count). The maximum absolute atomic E-state index is 13.3. The molecule has 1 heterocycles. The van der Waals surface area contributed by atoms with Crippen molar-refractivity contribution in [3.05, 3.63) is 11.8 Å². The summed E-state index contributed by atoms with van der Waals surface area (Å²) >= 11 is 0. The van der Waals surface area contributed by atoms with Crippen molar-refractivity contribution in [2.24, 2.45) is 10.9 Å². The number of halogens is 1. The Labute approximate surface area is 104 Å². The van der Waals surface area contributed by atoms with E-state index in [0.717, 1.165) is 31.4 Å². The van der Waals surface area contributed by atoms with Crippen LogP contribution in [0.4, 0.5) is 4.39 Å². The quantitative estimate of drug-likeness (QED) is 0.531. The van der Waals surface area contributed by atoms with Gasteiger partial charge in [0.25, 0.3) is 0 Å². The molecule has 0 spiro atoms. The zero-order valence-corrected chi connectivity index (χ0v) is 11.0. The van der Waals surface area contributed by atoms with Crippen LogP contribution in [0.1, 0.15) is 46.0 Å². The van der Waals surface area contributed by atoms with E-state index in [4.69, 9.17) is 4.74 Å². The van der Waals surface area contributed by atoms with Gasteiger partial charge in [0.05, 0.1) is 6.61 Å². The second-order valence-electron chi connectivity index (χ2n) is 4.73. The van der Waals surface area contributed by atoms with Crippen LogP contribution in [0.5, 0.6) is 0 Å². The van der Waals surface area contributed by atoms with Crippen LogP contribution in [0.2, 0.25) is 0 Å². The zero-order valence-electron chi connectivity index (χ0n) is 11.0. The number of ether oxygens (including phenoxy) is 1. The van der Waals surface area contributed by atoms with E-state index in [1.165, 1.54) is 0 Å². The molecular formula is C14H24FNO. The highest BCUT2D eigenvalue weighted by molar-refractivity contribution is 5.79. The van der Waals surface area contributed by atoms with Crippen LogP contribution in [-0.2, 0) is 4.74 Å². The van der Waals surface area contributed by atoms with E-state index in [0.29, 0.717) is 18.9 Å². The molecule has 0 aliphatic carbocycles. The predicted octanol–water partition coefficient (Wildman–Crippen LogP) is 3.92. The molecule has 1 aliphatic heterocycles. The van der Waals surface area contributed by atoms with Gasteiger partial charge in [0.1, 0.15) is 6.17 Å². The Morgan fingerprint density at radius 1 is 1.35 bits per heavy atom. The smallest absolute Gasteiger partial charge is 0.123 e. The standard InChI is InChI=1S/C14H24FNO/c1-3-4-5-6-13(15)11-17-10-8-12(2)14-7-9-16-14/h7,9,12-13H,3-6,8,10-11H2,1-2H3. The first-order valence-electron chi connectivity index (χ1n) is 6.70. The van der Waals surface area contributed by atoms with E-state index >= 15 is 0 Å². The summed E-state index contributed by atoms with van der Waals surface area (Å²) in [4.78, 5) is 4.14. The lowest BCUT2D eigenvalue weighted by atomic mass is 10.0. The largest absolute Gasteiger partial charge is 0.378 e. The number of aliphatic imine (C=N–C) groups is 1. The number of rotatable bonds is 10. The number of unbranched alkanes of at least 4 members (excludes halogenated alkanes) is 2. The third-order valence-electron chi connectivity index (χ3n) is 3.09. The van der Waals surface area contributed by atoms with Crippen LogP contribution >= 0.6 is 0 Å². The van der Waals surface area contributed by atoms with E-state index < -0.39 is 6.17 Å². The molecule has 98 valence electrons. The van der Waals surface area contributed by atoms with Gasteiger partial charge in [0.15, 0.2) is 0 Å². The van der Waals surface area contributed by atoms with Crippen LogP contribution in [0, 0.1) is 5.92 Å². The van der Waals surface area contributed by atoms with E-state index in [1.807, 2.05) is 6.08 Å². The van der Waals surface area contributed by atoms with Crippen LogP contribution in [0.25, 0.3) is 0 Å². The molecule has 0 fully saturated rings. The first-order chi connectivity index (χ1) is 8.24. The Bertz CT molecular complexity index is 263. The average molecular weight is 241 g/mol. The minimum Gasteiger partial charge on any atom is -0.378 e. The molecular weight excluding hydrogens is 217 g/mol. The van der Waals surface area contributed by atoms with Crippen LogP contribution in [-0.4, -0.2) is 25.6 Å². The molecule has 0 N–H and O–H groups in total. The second-order valence-corrected chi connectivity index (χ2v) is 4.73. The normalized spacial score (nSPS) is 17.5. The lowest BCUT2D eigenvalue weighted by molar-refractivity contribution is 0.0704. The van der Waals surface area contributed by atoms with Crippen molar-refractivity contribution in [2.75, 3.05) is 13.2 Å². The van der Waals surface area contributed by atoms with Gasteiger partial charge >= 0.3 is 0 Å². The highest BCUT2D eigenvalue weighted by Gasteiger charge is 2.11. The van der Waals surface area contributed by atoms with Crippen LogP contribution in [0.15, 0.2) is 16.8 Å². The number of allylic oxidation sites excluding steroid dienone is 2. The van der Waals surface area contributed by atoms with Crippen LogP contribution in [0.3, 0.4) is 0 Å². The lowest BCUT2D eigenvalue weighted by Crippen LogP contribution is -2.13. The highest BCUT2D eigenvalue weighted by Crippen LogP contribution is 2.19. The van der Waals surface area contributed by atoms with Gasteiger partial charge in [-0.3, -0.25) is 4.99 Å². The molecule has 2 unspecified atom stereocenters. The van der Waals surface area contributed by atoms with E-state index in [1.54, 1.807) is 6.21 Å². The van der Waals surface area contributed by atoms with Gasteiger partial charge in [0, 0.05) is 24.4 Å². The van der Waals surface area contributed by atoms with Gasteiger partial charge in [-0.2, -0.15) is 0 Å². The number of hydrogen-bond donors (Lipinski definition) is 0. The highest BCUT2D eigenvalue weighted by atomic mass is 19.1. The average Bonchev–Trinajstić information content (AvgIpc) is 2.22. The van der Waals surface area contributed by atoms with E-state index in [9.17, 15) is 4.39 Å². The molecule has 0 radical (unpaired) electrons. The van der Waals surface area contributed by atoms with Gasteiger partial charge in [-0.05, 0) is 18.9 Å². The third-order valence-corrected chi connectivity index (χ3v) is 3.09. The van der Waals surface area contributed by atoms with Crippen molar-refractivity contribution in [3.8, 4) is 0 Å². The number of hydrogen-bond acceptors (Lipinski definition) is 2. The molecule has 0 aromatic carbocycles. The maximum Gasteiger partial charge on any atom is 0.123 e. The molecule has 2 nitrogen and oxygen atoms in total. The van der Waals surface area contributed by atoms with Crippen molar-refractivity contribution in [3.63, 3.8) is 0 Å². The molecule has 1 aliphatic rings. The van der Waals surface area contributed by atoms with Crippen molar-refractivity contribution >= 4 is 6.21 Å². The molecule has 0 saturated carbocycles. The fourth-order valence-corrected chi connectivity index (χ4v) is 1.77. The van der Waals surface area contributed by atoms with Gasteiger partial charge in [0.2, 0.25) is 0 Å². The Morgan fingerprint density at radius 2 is 2.12 bits per heavy atom. The van der Waals surface area contributed by atoms with Crippen molar-refractivity contribution < 1.29 is 9.13 Å². The fourth-order valence-electron chi connectivity index (χ4n) is 1.77. The van der Waals surface area contributed by atoms with Crippen LogP contribution < -0.4 is 0 Å². The number of alkyl halides is 1. The SMILES string of the molecule is CCCCCC(F)COCCC(C)C1=CC=N1. The summed E-state index contributed by atoms with van der Waals surface area (Å²) in [6.07, 6.45) is 7.82. The van der Waals surface area contributed by atoms with Crippen molar-refractivity contribution in [2.45, 2.75) is 52.1 Å². The lowest BCUT2D eigenvalue weighted by Gasteiger charge is -2.15. The molecule has 0 amide bonds. The summed E-state index contributed by atoms with van der Waals surface area (Å²) in [5, 5.41) is 0. The maximum atomic E-state index is 13.3. The minimum atomic E-state index is -0.794. The Balaban J connectivity index is 1.92. The Hall–Kier alpha value is -0.700. The van der Waals surface area contributed by atoms with E-state index in [2.05, 4.69) is 18.8 Å². The summed E-state index contributed by atoms with van der Waals surface area (Å²) in [6.45, 7) is 5.13. The Morgan fingerprint density at radius 3 is 2.71 bits per heavy atom. The van der Waals surface area contributed by atoms with Gasteiger partial charge in [-0.1, -0.05) is 33.1 Å². The van der Waals surface area contributed by atoms with Gasteiger partial charge in [-0.15, -0.1) is 0 Å². The summed E-state index contributed by atoms with van der Waals surface area (Å²) in [5.74, 6) is 0.429. The summed E-state index contributed by atoms with van der Waals surface area (Å²) < 4.78 is 18.7. The monoisotopic (exact) mass is 241 g/mol. The molecule has 0 aromatic rings. The van der Waals surface area contributed by atoms with Crippen molar-refractivity contribution in [1.29, 1.82) is 0 Å². The molecule has 17 heavy (non-hydrogen) atoms. The molecule has 0 saturated heterocycles. The first-order valence-corrected chi connectivity index (χ1v) is 6.70. The summed E-state index contributed by atoms with van der Waals surface area (Å²) in [7, 11) is 0. The first kappa shape index (κ1) is 14.4. The van der Waals surface area contributed by atoms with Crippen molar-refractivity contribution in [1.82, 2.24) is 0 Å². The Kier molecular flexibility index (Phi) is 7.10. The van der Waals surface area contributed by atoms with Gasteiger partial charge in [-0.25, -0.2) is 4.39 Å². The molecule has 0 aromatic heterocycles. The number of nitrogens with zero attached hydrogens (tertiary/aromatic N) is 1. The second kappa shape index (κ2) is 8.40. The van der Waals surface area contributed by atoms with Gasteiger partial charge < -0.3 is 4.74 Å². The topological polar surface area (TPSA) is 21.6 Å². The molecule has 0 bridgehead atoms. The third kappa shape index (κ3) is 5.97. The molecule has 2 atom stereocenters. The fraction of sp³-hybridized carbons (Fsp3) is 0.786. The summed E-state index contributed by atoms with van der Waals surface area (Å²) in [5.41, 5.74) is 1.13. The summed E-state index contributed by atoms with van der Waals surface area (Å²) in [6, 6.07) is 0. The zero-order chi connectivity index (χ0) is 12.5.